The van der Waals surface area contributed by atoms with Gasteiger partial charge in [-0.3, -0.25) is 0 Å². The number of H-pyrrole nitrogens is 1. The van der Waals surface area contributed by atoms with Gasteiger partial charge in [-0.15, -0.1) is 0 Å². The van der Waals surface area contributed by atoms with Gasteiger partial charge in [-0.05, 0) is 25.1 Å². The summed E-state index contributed by atoms with van der Waals surface area (Å²) in [5.74, 6) is 1.58. The van der Waals surface area contributed by atoms with Crippen LogP contribution in [0.15, 0.2) is 42.9 Å². The van der Waals surface area contributed by atoms with Crippen molar-refractivity contribution in [2.24, 2.45) is 0 Å². The molecule has 0 aliphatic carbocycles. The number of fused-ring (bicyclic) bond motifs is 1. The normalized spacial score (nSPS) is 12.3. The van der Waals surface area contributed by atoms with Crippen molar-refractivity contribution in [2.75, 3.05) is 19.0 Å². The fraction of sp³-hybridized carbons (Fsp3) is 0.250. The van der Waals surface area contributed by atoms with Crippen LogP contribution in [0, 0.1) is 0 Å². The quantitative estimate of drug-likeness (QED) is 0.798. The lowest BCUT2D eigenvalue weighted by Gasteiger charge is -2.20. The Morgan fingerprint density at radius 1 is 1.14 bits per heavy atom. The zero-order chi connectivity index (χ0) is 14.8. The minimum absolute atomic E-state index is 0.111. The van der Waals surface area contributed by atoms with E-state index in [1.165, 1.54) is 0 Å². The summed E-state index contributed by atoms with van der Waals surface area (Å²) in [6.07, 6.45) is 3.36. The van der Waals surface area contributed by atoms with Crippen molar-refractivity contribution in [3.63, 3.8) is 0 Å². The van der Waals surface area contributed by atoms with Crippen molar-refractivity contribution in [2.45, 2.75) is 13.0 Å². The summed E-state index contributed by atoms with van der Waals surface area (Å²) in [4.78, 5) is 13.8. The summed E-state index contributed by atoms with van der Waals surface area (Å²) in [5, 5.41) is 0. The van der Waals surface area contributed by atoms with Crippen LogP contribution in [0.5, 0.6) is 5.75 Å². The van der Waals surface area contributed by atoms with Gasteiger partial charge in [-0.1, -0.05) is 12.1 Å². The summed E-state index contributed by atoms with van der Waals surface area (Å²) >= 11 is 0. The molecule has 0 fully saturated rings. The highest BCUT2D eigenvalue weighted by molar-refractivity contribution is 5.78. The summed E-state index contributed by atoms with van der Waals surface area (Å²) < 4.78 is 6.11. The summed E-state index contributed by atoms with van der Waals surface area (Å²) in [6, 6.07) is 9.87. The second kappa shape index (κ2) is 5.44. The van der Waals surface area contributed by atoms with Crippen LogP contribution >= 0.6 is 0 Å². The number of benzene rings is 1. The Kier molecular flexibility index (Phi) is 3.48. The maximum absolute atomic E-state index is 6.11. The summed E-state index contributed by atoms with van der Waals surface area (Å²) in [5.41, 5.74) is 3.02. The molecule has 0 aliphatic rings. The molecule has 108 valence electrons. The Hall–Kier alpha value is -2.56. The third kappa shape index (κ3) is 2.54. The molecule has 0 aliphatic heterocycles. The van der Waals surface area contributed by atoms with Gasteiger partial charge in [0.05, 0.1) is 17.4 Å². The van der Waals surface area contributed by atoms with Crippen LogP contribution in [-0.4, -0.2) is 29.0 Å². The zero-order valence-corrected chi connectivity index (χ0v) is 12.4. The predicted molar refractivity (Wildman–Crippen MR) is 83.7 cm³/mol. The van der Waals surface area contributed by atoms with E-state index in [0.29, 0.717) is 0 Å². The van der Waals surface area contributed by atoms with Crippen LogP contribution in [0.1, 0.15) is 18.6 Å². The first-order valence-corrected chi connectivity index (χ1v) is 6.88. The van der Waals surface area contributed by atoms with Gasteiger partial charge < -0.3 is 14.6 Å². The maximum Gasteiger partial charge on any atom is 0.170 e. The number of hydrogen-bond acceptors (Lipinski definition) is 4. The number of imidazole rings is 1. The fourth-order valence-electron chi connectivity index (χ4n) is 2.38. The third-order valence-electron chi connectivity index (χ3n) is 3.40. The minimum atomic E-state index is -0.111. The van der Waals surface area contributed by atoms with Crippen molar-refractivity contribution in [1.82, 2.24) is 15.0 Å². The topological polar surface area (TPSA) is 54.0 Å². The third-order valence-corrected chi connectivity index (χ3v) is 3.40. The molecule has 21 heavy (non-hydrogen) atoms. The molecule has 2 heterocycles. The molecule has 0 spiro atoms. The minimum Gasteiger partial charge on any atom is -0.482 e. The standard InChI is InChI=1S/C16H18N4O/c1-11(12-6-4-7-13-15(12)19-10-18-13)21-14-8-5-9-17-16(14)20(2)3/h4-11H,1-3H3,(H,18,19). The van der Waals surface area contributed by atoms with Crippen molar-refractivity contribution < 1.29 is 4.74 Å². The molecular formula is C16H18N4O. The number of aromatic amines is 1. The van der Waals surface area contributed by atoms with Crippen LogP contribution < -0.4 is 9.64 Å². The van der Waals surface area contributed by atoms with Gasteiger partial charge in [0, 0.05) is 25.9 Å². The number of hydrogen-bond donors (Lipinski definition) is 1. The van der Waals surface area contributed by atoms with E-state index in [2.05, 4.69) is 15.0 Å². The average molecular weight is 282 g/mol. The van der Waals surface area contributed by atoms with Gasteiger partial charge in [-0.25, -0.2) is 9.97 Å². The monoisotopic (exact) mass is 282 g/mol. The number of ether oxygens (including phenoxy) is 1. The molecule has 2 aromatic heterocycles. The molecule has 0 radical (unpaired) electrons. The van der Waals surface area contributed by atoms with E-state index in [0.717, 1.165) is 28.2 Å². The van der Waals surface area contributed by atoms with Crippen molar-refractivity contribution >= 4 is 16.9 Å². The molecule has 0 bridgehead atoms. The van der Waals surface area contributed by atoms with Gasteiger partial charge in [0.1, 0.15) is 6.10 Å². The van der Waals surface area contributed by atoms with Crippen LogP contribution in [0.4, 0.5) is 5.82 Å². The Bertz CT molecular complexity index is 751. The number of anilines is 1. The van der Waals surface area contributed by atoms with Crippen LogP contribution in [0.3, 0.4) is 0 Å². The van der Waals surface area contributed by atoms with Gasteiger partial charge >= 0.3 is 0 Å². The van der Waals surface area contributed by atoms with Crippen molar-refractivity contribution in [1.29, 1.82) is 0 Å². The largest absolute Gasteiger partial charge is 0.482 e. The van der Waals surface area contributed by atoms with Crippen molar-refractivity contribution in [3.8, 4) is 5.75 Å². The summed E-state index contributed by atoms with van der Waals surface area (Å²) in [6.45, 7) is 2.02. The number of pyridine rings is 1. The number of rotatable bonds is 4. The molecule has 0 amide bonds. The number of nitrogens with zero attached hydrogens (tertiary/aromatic N) is 3. The van der Waals surface area contributed by atoms with E-state index in [4.69, 9.17) is 4.74 Å². The van der Waals surface area contributed by atoms with Gasteiger partial charge in [-0.2, -0.15) is 0 Å². The Morgan fingerprint density at radius 3 is 2.81 bits per heavy atom. The lowest BCUT2D eigenvalue weighted by molar-refractivity contribution is 0.228. The van der Waals surface area contributed by atoms with E-state index < -0.39 is 0 Å². The first-order chi connectivity index (χ1) is 10.2. The highest BCUT2D eigenvalue weighted by atomic mass is 16.5. The van der Waals surface area contributed by atoms with E-state index in [1.54, 1.807) is 12.5 Å². The molecule has 1 unspecified atom stereocenters. The highest BCUT2D eigenvalue weighted by Gasteiger charge is 2.15. The number of para-hydroxylation sites is 1. The fourth-order valence-corrected chi connectivity index (χ4v) is 2.38. The molecular weight excluding hydrogens is 264 g/mol. The smallest absolute Gasteiger partial charge is 0.170 e. The van der Waals surface area contributed by atoms with Gasteiger partial charge in [0.2, 0.25) is 0 Å². The molecule has 1 N–H and O–H groups in total. The van der Waals surface area contributed by atoms with Gasteiger partial charge in [0.25, 0.3) is 0 Å². The first kappa shape index (κ1) is 13.4. The lowest BCUT2D eigenvalue weighted by atomic mass is 10.1. The summed E-state index contributed by atoms with van der Waals surface area (Å²) in [7, 11) is 3.91. The predicted octanol–water partition coefficient (Wildman–Crippen LogP) is 3.16. The van der Waals surface area contributed by atoms with E-state index in [-0.39, 0.29) is 6.10 Å². The number of nitrogens with one attached hydrogen (secondary N) is 1. The molecule has 1 aromatic carbocycles. The van der Waals surface area contributed by atoms with Crippen LogP contribution in [0.2, 0.25) is 0 Å². The molecule has 3 rings (SSSR count). The molecule has 0 saturated heterocycles. The molecule has 5 nitrogen and oxygen atoms in total. The van der Waals surface area contributed by atoms with Crippen molar-refractivity contribution in [3.05, 3.63) is 48.4 Å². The second-order valence-electron chi connectivity index (χ2n) is 5.13. The SMILES string of the molecule is CC(Oc1cccnc1N(C)C)c1cccc2[nH]cnc12. The first-order valence-electron chi connectivity index (χ1n) is 6.88. The van der Waals surface area contributed by atoms with E-state index in [1.807, 2.05) is 56.3 Å². The highest BCUT2D eigenvalue weighted by Crippen LogP contribution is 2.30. The van der Waals surface area contributed by atoms with Crippen LogP contribution in [0.25, 0.3) is 11.0 Å². The Morgan fingerprint density at radius 2 is 2.00 bits per heavy atom. The van der Waals surface area contributed by atoms with Gasteiger partial charge in [0.15, 0.2) is 11.6 Å². The number of aromatic nitrogens is 3. The maximum atomic E-state index is 6.11. The molecule has 1 atom stereocenters. The molecule has 3 aromatic rings. The van der Waals surface area contributed by atoms with E-state index >= 15 is 0 Å². The molecule has 0 saturated carbocycles. The Labute approximate surface area is 123 Å². The lowest BCUT2D eigenvalue weighted by Crippen LogP contribution is -2.13. The Balaban J connectivity index is 1.93. The molecule has 5 heteroatoms. The van der Waals surface area contributed by atoms with Crippen LogP contribution in [-0.2, 0) is 0 Å². The second-order valence-corrected chi connectivity index (χ2v) is 5.13. The average Bonchev–Trinajstić information content (AvgIpc) is 2.95. The van der Waals surface area contributed by atoms with E-state index in [9.17, 15) is 0 Å². The zero-order valence-electron chi connectivity index (χ0n) is 12.4.